The van der Waals surface area contributed by atoms with Crippen molar-refractivity contribution < 1.29 is 8.42 Å². The SMILES string of the molecule is Nc1cccc(S(=O)(=O)N2C[C@H]3C[C@@H](C2)c2cccc(=O)n2C3)c1. The third-order valence-corrected chi connectivity index (χ3v) is 6.77. The number of rotatable bonds is 2. The molecule has 0 unspecified atom stereocenters. The van der Waals surface area contributed by atoms with E-state index in [-0.39, 0.29) is 22.3 Å². The van der Waals surface area contributed by atoms with E-state index in [1.165, 1.54) is 6.07 Å². The van der Waals surface area contributed by atoms with Crippen molar-refractivity contribution in [3.8, 4) is 0 Å². The molecule has 0 spiro atoms. The number of nitrogens with zero attached hydrogens (tertiary/aromatic N) is 2. The van der Waals surface area contributed by atoms with E-state index in [1.54, 1.807) is 39.2 Å². The minimum Gasteiger partial charge on any atom is -0.399 e. The predicted molar refractivity (Wildman–Crippen MR) is 91.2 cm³/mol. The summed E-state index contributed by atoms with van der Waals surface area (Å²) in [6.45, 7) is 1.42. The van der Waals surface area contributed by atoms with Crippen molar-refractivity contribution in [2.75, 3.05) is 18.8 Å². The Morgan fingerprint density at radius 3 is 2.62 bits per heavy atom. The normalized spacial score (nSPS) is 23.7. The van der Waals surface area contributed by atoms with Crippen molar-refractivity contribution in [3.05, 3.63) is 58.5 Å². The van der Waals surface area contributed by atoms with Gasteiger partial charge in [0.05, 0.1) is 4.90 Å². The van der Waals surface area contributed by atoms with Crippen LogP contribution < -0.4 is 11.3 Å². The van der Waals surface area contributed by atoms with Crippen molar-refractivity contribution >= 4 is 15.7 Å². The van der Waals surface area contributed by atoms with Crippen LogP contribution in [0, 0.1) is 5.92 Å². The number of nitrogen functional groups attached to an aromatic ring is 1. The molecule has 0 amide bonds. The Hall–Kier alpha value is -2.12. The lowest BCUT2D eigenvalue weighted by Crippen LogP contribution is -2.49. The number of sulfonamides is 1. The monoisotopic (exact) mass is 345 g/mol. The molecule has 1 fully saturated rings. The van der Waals surface area contributed by atoms with Gasteiger partial charge in [0.1, 0.15) is 0 Å². The molecule has 0 radical (unpaired) electrons. The van der Waals surface area contributed by atoms with Gasteiger partial charge in [-0.2, -0.15) is 4.31 Å². The van der Waals surface area contributed by atoms with Crippen molar-refractivity contribution in [2.24, 2.45) is 5.92 Å². The minimum absolute atomic E-state index is 0.00524. The fraction of sp³-hybridized carbons (Fsp3) is 0.353. The van der Waals surface area contributed by atoms with E-state index in [2.05, 4.69) is 0 Å². The number of pyridine rings is 1. The number of benzene rings is 1. The maximum Gasteiger partial charge on any atom is 0.250 e. The molecule has 1 saturated heterocycles. The molecule has 2 aliphatic rings. The predicted octanol–water partition coefficient (Wildman–Crippen LogP) is 1.24. The highest BCUT2D eigenvalue weighted by Gasteiger charge is 2.39. The maximum atomic E-state index is 13.0. The molecule has 126 valence electrons. The number of hydrogen-bond acceptors (Lipinski definition) is 4. The number of piperidine rings is 1. The Labute approximate surface area is 140 Å². The zero-order valence-electron chi connectivity index (χ0n) is 13.1. The van der Waals surface area contributed by atoms with Gasteiger partial charge in [0.2, 0.25) is 10.0 Å². The molecule has 2 aromatic rings. The summed E-state index contributed by atoms with van der Waals surface area (Å²) in [4.78, 5) is 12.3. The first-order valence-corrected chi connectivity index (χ1v) is 9.44. The summed E-state index contributed by atoms with van der Waals surface area (Å²) in [7, 11) is -3.57. The number of nitrogens with two attached hydrogens (primary N) is 1. The summed E-state index contributed by atoms with van der Waals surface area (Å²) in [5.41, 5.74) is 7.10. The van der Waals surface area contributed by atoms with E-state index in [9.17, 15) is 13.2 Å². The highest BCUT2D eigenvalue weighted by molar-refractivity contribution is 7.89. The summed E-state index contributed by atoms with van der Waals surface area (Å²) < 4.78 is 29.2. The average Bonchev–Trinajstić information content (AvgIpc) is 2.56. The van der Waals surface area contributed by atoms with E-state index in [4.69, 9.17) is 5.73 Å². The Bertz CT molecular complexity index is 952. The molecule has 2 atom stereocenters. The van der Waals surface area contributed by atoms with Gasteiger partial charge >= 0.3 is 0 Å². The summed E-state index contributed by atoms with van der Waals surface area (Å²) in [5.74, 6) is 0.217. The van der Waals surface area contributed by atoms with Crippen molar-refractivity contribution in [3.63, 3.8) is 0 Å². The first-order chi connectivity index (χ1) is 11.4. The number of anilines is 1. The summed E-state index contributed by atoms with van der Waals surface area (Å²) >= 11 is 0. The second-order valence-electron chi connectivity index (χ2n) is 6.59. The van der Waals surface area contributed by atoms with Gasteiger partial charge in [0.15, 0.2) is 0 Å². The summed E-state index contributed by atoms with van der Waals surface area (Å²) in [5, 5.41) is 0. The highest BCUT2D eigenvalue weighted by atomic mass is 32.2. The van der Waals surface area contributed by atoms with Gasteiger partial charge in [0.25, 0.3) is 5.56 Å². The first-order valence-electron chi connectivity index (χ1n) is 8.00. The smallest absolute Gasteiger partial charge is 0.250 e. The van der Waals surface area contributed by atoms with Crippen molar-refractivity contribution in [1.82, 2.24) is 8.87 Å². The fourth-order valence-electron chi connectivity index (χ4n) is 3.87. The summed E-state index contributed by atoms with van der Waals surface area (Å²) in [6, 6.07) is 11.6. The van der Waals surface area contributed by atoms with Crippen LogP contribution in [0.5, 0.6) is 0 Å². The molecule has 1 aromatic heterocycles. The Morgan fingerprint density at radius 2 is 1.83 bits per heavy atom. The Balaban J connectivity index is 1.70. The second kappa shape index (κ2) is 5.46. The lowest BCUT2D eigenvalue weighted by Gasteiger charge is -2.42. The van der Waals surface area contributed by atoms with Gasteiger partial charge in [-0.25, -0.2) is 8.42 Å². The molecule has 2 aliphatic heterocycles. The zero-order chi connectivity index (χ0) is 16.9. The van der Waals surface area contributed by atoms with Crippen molar-refractivity contribution in [1.29, 1.82) is 0 Å². The molecule has 2 bridgehead atoms. The molecule has 7 heteroatoms. The fourth-order valence-corrected chi connectivity index (χ4v) is 5.49. The summed E-state index contributed by atoms with van der Waals surface area (Å²) in [6.07, 6.45) is 0.923. The largest absolute Gasteiger partial charge is 0.399 e. The number of fused-ring (bicyclic) bond motifs is 4. The van der Waals surface area contributed by atoms with Gasteiger partial charge in [-0.1, -0.05) is 12.1 Å². The van der Waals surface area contributed by atoms with Gasteiger partial charge in [0, 0.05) is 43.0 Å². The van der Waals surface area contributed by atoms with E-state index in [0.29, 0.717) is 25.3 Å². The minimum atomic E-state index is -3.57. The van der Waals surface area contributed by atoms with Crippen LogP contribution in [0.15, 0.2) is 52.2 Å². The third kappa shape index (κ3) is 2.44. The second-order valence-corrected chi connectivity index (χ2v) is 8.53. The molecule has 24 heavy (non-hydrogen) atoms. The van der Waals surface area contributed by atoms with E-state index in [0.717, 1.165) is 12.1 Å². The molecule has 1 aromatic carbocycles. The molecule has 2 N–H and O–H groups in total. The molecular weight excluding hydrogens is 326 g/mol. The first kappa shape index (κ1) is 15.4. The van der Waals surface area contributed by atoms with Crippen LogP contribution in [-0.2, 0) is 16.6 Å². The molecule has 0 saturated carbocycles. The van der Waals surface area contributed by atoms with Gasteiger partial charge in [-0.3, -0.25) is 4.79 Å². The standard InChI is InChI=1S/C17H19N3O3S/c18-14-3-1-4-15(8-14)24(22,23)19-9-12-7-13(11-19)16-5-2-6-17(21)20(16)10-12/h1-6,8,12-13H,7,9-11,18H2/t12-,13+/m1/s1. The topological polar surface area (TPSA) is 85.4 Å². The molecule has 4 rings (SSSR count). The van der Waals surface area contributed by atoms with Crippen LogP contribution in [0.25, 0.3) is 0 Å². The maximum absolute atomic E-state index is 13.0. The van der Waals surface area contributed by atoms with Crippen molar-refractivity contribution in [2.45, 2.75) is 23.8 Å². The van der Waals surface area contributed by atoms with Crippen LogP contribution in [0.2, 0.25) is 0 Å². The zero-order valence-corrected chi connectivity index (χ0v) is 13.9. The number of aromatic nitrogens is 1. The Kier molecular flexibility index (Phi) is 3.51. The Morgan fingerprint density at radius 1 is 1.04 bits per heavy atom. The van der Waals surface area contributed by atoms with Crippen LogP contribution in [0.4, 0.5) is 5.69 Å². The number of hydrogen-bond donors (Lipinski definition) is 1. The third-order valence-electron chi connectivity index (χ3n) is 4.94. The lowest BCUT2D eigenvalue weighted by atomic mass is 9.84. The van der Waals surface area contributed by atoms with Gasteiger partial charge < -0.3 is 10.3 Å². The van der Waals surface area contributed by atoms with Crippen LogP contribution in [0.1, 0.15) is 18.0 Å². The molecule has 0 aliphatic carbocycles. The molecular formula is C17H19N3O3S. The van der Waals surface area contributed by atoms with E-state index in [1.807, 2.05) is 6.07 Å². The van der Waals surface area contributed by atoms with Crippen LogP contribution in [-0.4, -0.2) is 30.4 Å². The molecule has 3 heterocycles. The van der Waals surface area contributed by atoms with E-state index >= 15 is 0 Å². The van der Waals surface area contributed by atoms with Gasteiger partial charge in [-0.15, -0.1) is 0 Å². The highest BCUT2D eigenvalue weighted by Crippen LogP contribution is 2.37. The molecule has 6 nitrogen and oxygen atoms in total. The quantitative estimate of drug-likeness (QED) is 0.830. The van der Waals surface area contributed by atoms with E-state index < -0.39 is 10.0 Å². The van der Waals surface area contributed by atoms with Gasteiger partial charge in [-0.05, 0) is 36.6 Å². The average molecular weight is 345 g/mol. The van der Waals surface area contributed by atoms with Crippen LogP contribution >= 0.6 is 0 Å². The lowest BCUT2D eigenvalue weighted by molar-refractivity contribution is 0.186. The van der Waals surface area contributed by atoms with Crippen LogP contribution in [0.3, 0.4) is 0 Å².